The van der Waals surface area contributed by atoms with Crippen molar-refractivity contribution in [1.82, 2.24) is 5.32 Å². The van der Waals surface area contributed by atoms with E-state index in [4.69, 9.17) is 18.0 Å². The summed E-state index contributed by atoms with van der Waals surface area (Å²) in [6, 6.07) is -0.176. The van der Waals surface area contributed by atoms with E-state index in [1.54, 1.807) is 0 Å². The second-order valence-corrected chi connectivity index (χ2v) is 7.06. The molecule has 0 radical (unpaired) electrons. The number of rotatable bonds is 3. The molecule has 0 saturated heterocycles. The fraction of sp³-hybridized carbons (Fsp3) is 0.857. The molecule has 3 N–H and O–H groups in total. The molecule has 0 aromatic heterocycles. The van der Waals surface area contributed by atoms with Crippen molar-refractivity contribution in [3.63, 3.8) is 0 Å². The van der Waals surface area contributed by atoms with Gasteiger partial charge < -0.3 is 11.1 Å². The molecule has 0 aliphatic heterocycles. The molecule has 1 atom stereocenters. The van der Waals surface area contributed by atoms with E-state index in [2.05, 4.69) is 5.32 Å². The maximum Gasteiger partial charge on any atom is 0.224 e. The Balaban J connectivity index is 1.69. The third kappa shape index (κ3) is 2.04. The van der Waals surface area contributed by atoms with Gasteiger partial charge in [-0.1, -0.05) is 12.2 Å². The number of nitrogens with one attached hydrogen (secondary N) is 1. The van der Waals surface area contributed by atoms with Gasteiger partial charge >= 0.3 is 0 Å². The Hall–Kier alpha value is -0.640. The smallest absolute Gasteiger partial charge is 0.224 e. The van der Waals surface area contributed by atoms with E-state index in [1.807, 2.05) is 6.92 Å². The normalized spacial score (nSPS) is 42.6. The summed E-state index contributed by atoms with van der Waals surface area (Å²) in [5, 5.41) is 3.00. The first kappa shape index (κ1) is 12.4. The zero-order valence-corrected chi connectivity index (χ0v) is 11.7. The predicted octanol–water partition coefficient (Wildman–Crippen LogP) is 1.85. The molecule has 4 heteroatoms. The Labute approximate surface area is 114 Å². The van der Waals surface area contributed by atoms with Crippen molar-refractivity contribution in [2.45, 2.75) is 45.1 Å². The summed E-state index contributed by atoms with van der Waals surface area (Å²) in [5.74, 6) is 3.49. The topological polar surface area (TPSA) is 55.1 Å². The van der Waals surface area contributed by atoms with E-state index in [1.165, 1.54) is 32.1 Å². The van der Waals surface area contributed by atoms with E-state index in [9.17, 15) is 4.79 Å². The van der Waals surface area contributed by atoms with Crippen LogP contribution in [0.4, 0.5) is 0 Å². The molecule has 4 saturated carbocycles. The Morgan fingerprint density at radius 2 is 1.67 bits per heavy atom. The van der Waals surface area contributed by atoms with Crippen molar-refractivity contribution >= 4 is 23.1 Å². The van der Waals surface area contributed by atoms with Gasteiger partial charge in [-0.3, -0.25) is 4.79 Å². The summed E-state index contributed by atoms with van der Waals surface area (Å²) < 4.78 is 0. The quantitative estimate of drug-likeness (QED) is 0.767. The van der Waals surface area contributed by atoms with Crippen molar-refractivity contribution in [2.75, 3.05) is 0 Å². The lowest BCUT2D eigenvalue weighted by Crippen LogP contribution is -2.53. The van der Waals surface area contributed by atoms with Crippen molar-refractivity contribution in [3.05, 3.63) is 0 Å². The molecular formula is C14H22N2OS. The van der Waals surface area contributed by atoms with Crippen LogP contribution in [-0.4, -0.2) is 16.9 Å². The molecule has 0 heterocycles. The molecule has 4 rings (SSSR count). The van der Waals surface area contributed by atoms with Crippen LogP contribution in [-0.2, 0) is 4.79 Å². The Bertz CT molecular complexity index is 354. The van der Waals surface area contributed by atoms with Crippen LogP contribution >= 0.6 is 12.2 Å². The summed E-state index contributed by atoms with van der Waals surface area (Å²) in [6.07, 6.45) is 6.50. The maximum atomic E-state index is 12.4. The molecule has 3 nitrogen and oxygen atoms in total. The molecule has 1 amide bonds. The second-order valence-electron chi connectivity index (χ2n) is 6.59. The molecule has 1 unspecified atom stereocenters. The van der Waals surface area contributed by atoms with Gasteiger partial charge in [0.05, 0.1) is 11.0 Å². The fourth-order valence-corrected chi connectivity index (χ4v) is 4.79. The van der Waals surface area contributed by atoms with Gasteiger partial charge in [-0.15, -0.1) is 0 Å². The summed E-state index contributed by atoms with van der Waals surface area (Å²) in [4.78, 5) is 12.8. The average molecular weight is 266 g/mol. The zero-order chi connectivity index (χ0) is 12.9. The first-order valence-electron chi connectivity index (χ1n) is 7.14. The van der Waals surface area contributed by atoms with E-state index in [0.29, 0.717) is 16.8 Å². The van der Waals surface area contributed by atoms with Crippen molar-refractivity contribution in [3.8, 4) is 0 Å². The number of hydrogen-bond donors (Lipinski definition) is 2. The standard InChI is InChI=1S/C14H22N2OS/c1-7(13(15)18)16-14(17)12-10-3-8-2-9(5-10)6-11(12)4-8/h7-12H,2-6H2,1H3,(H2,15,18)(H,16,17). The molecule has 4 aliphatic carbocycles. The summed E-state index contributed by atoms with van der Waals surface area (Å²) in [6.45, 7) is 1.87. The first-order chi connectivity index (χ1) is 8.54. The summed E-state index contributed by atoms with van der Waals surface area (Å²) >= 11 is 4.93. The van der Waals surface area contributed by atoms with Crippen LogP contribution < -0.4 is 11.1 Å². The molecule has 0 spiro atoms. The minimum Gasteiger partial charge on any atom is -0.392 e. The van der Waals surface area contributed by atoms with Crippen LogP contribution in [0.25, 0.3) is 0 Å². The lowest BCUT2D eigenvalue weighted by molar-refractivity contribution is -0.138. The van der Waals surface area contributed by atoms with Gasteiger partial charge in [-0.2, -0.15) is 0 Å². The van der Waals surface area contributed by atoms with Gasteiger partial charge in [0.25, 0.3) is 0 Å². The van der Waals surface area contributed by atoms with Gasteiger partial charge in [0.2, 0.25) is 5.91 Å². The number of amides is 1. The predicted molar refractivity (Wildman–Crippen MR) is 74.9 cm³/mol. The fourth-order valence-electron chi connectivity index (χ4n) is 4.73. The molecule has 4 bridgehead atoms. The number of carbonyl (C=O) groups is 1. The Kier molecular flexibility index (Phi) is 3.08. The van der Waals surface area contributed by atoms with Gasteiger partial charge in [-0.05, 0) is 62.7 Å². The average Bonchev–Trinajstić information content (AvgIpc) is 2.26. The SMILES string of the molecule is CC(NC(=O)C1C2CC3CC(C2)CC1C3)C(N)=S. The van der Waals surface area contributed by atoms with E-state index < -0.39 is 0 Å². The van der Waals surface area contributed by atoms with Crippen LogP contribution in [0.15, 0.2) is 0 Å². The van der Waals surface area contributed by atoms with Gasteiger partial charge in [0, 0.05) is 5.92 Å². The van der Waals surface area contributed by atoms with Gasteiger partial charge in [0.1, 0.15) is 0 Å². The molecular weight excluding hydrogens is 244 g/mol. The highest BCUT2D eigenvalue weighted by Crippen LogP contribution is 2.56. The van der Waals surface area contributed by atoms with E-state index in [0.717, 1.165) is 11.8 Å². The minimum atomic E-state index is -0.176. The third-order valence-corrected chi connectivity index (χ3v) is 5.67. The highest BCUT2D eigenvalue weighted by Gasteiger charge is 2.50. The molecule has 0 aromatic rings. The second kappa shape index (κ2) is 4.48. The van der Waals surface area contributed by atoms with Crippen molar-refractivity contribution in [1.29, 1.82) is 0 Å². The van der Waals surface area contributed by atoms with Crippen LogP contribution in [0.2, 0.25) is 0 Å². The molecule has 4 aliphatic rings. The molecule has 18 heavy (non-hydrogen) atoms. The van der Waals surface area contributed by atoms with E-state index in [-0.39, 0.29) is 17.9 Å². The highest BCUT2D eigenvalue weighted by atomic mass is 32.1. The lowest BCUT2D eigenvalue weighted by Gasteiger charge is -2.53. The van der Waals surface area contributed by atoms with Crippen molar-refractivity contribution in [2.24, 2.45) is 35.3 Å². The molecule has 100 valence electrons. The van der Waals surface area contributed by atoms with Gasteiger partial charge in [-0.25, -0.2) is 0 Å². The first-order valence-corrected chi connectivity index (χ1v) is 7.55. The van der Waals surface area contributed by atoms with Crippen LogP contribution in [0.3, 0.4) is 0 Å². The number of nitrogens with two attached hydrogens (primary N) is 1. The van der Waals surface area contributed by atoms with Gasteiger partial charge in [0.15, 0.2) is 0 Å². The minimum absolute atomic E-state index is 0.176. The van der Waals surface area contributed by atoms with E-state index >= 15 is 0 Å². The van der Waals surface area contributed by atoms with Crippen LogP contribution in [0, 0.1) is 29.6 Å². The Morgan fingerprint density at radius 3 is 2.11 bits per heavy atom. The van der Waals surface area contributed by atoms with Crippen LogP contribution in [0.5, 0.6) is 0 Å². The molecule has 0 aromatic carbocycles. The monoisotopic (exact) mass is 266 g/mol. The van der Waals surface area contributed by atoms with Crippen LogP contribution in [0.1, 0.15) is 39.0 Å². The maximum absolute atomic E-state index is 12.4. The van der Waals surface area contributed by atoms with Crippen molar-refractivity contribution < 1.29 is 4.79 Å². The number of thiocarbonyl (C=S) groups is 1. The molecule has 4 fully saturated rings. The Morgan fingerprint density at radius 1 is 1.17 bits per heavy atom. The third-order valence-electron chi connectivity index (χ3n) is 5.32. The highest BCUT2D eigenvalue weighted by molar-refractivity contribution is 7.80. The number of carbonyl (C=O) groups excluding carboxylic acids is 1. The largest absolute Gasteiger partial charge is 0.392 e. The zero-order valence-electron chi connectivity index (χ0n) is 10.9. The summed E-state index contributed by atoms with van der Waals surface area (Å²) in [7, 11) is 0. The number of hydrogen-bond acceptors (Lipinski definition) is 2. The summed E-state index contributed by atoms with van der Waals surface area (Å²) in [5.41, 5.74) is 5.58. The lowest BCUT2D eigenvalue weighted by atomic mass is 9.51.